The SMILES string of the molecule is C[Si]1(C)c2ccc(N(c3ccccc3)c3cccc4c3sc3ccccc34)cc2-c2c(N(c3ccccc3)c3ccc4c(c3)c3ccccc3n4-c3ccccc3)cccc21. The number of rotatable bonds is 7. The molecule has 0 N–H and O–H groups in total. The van der Waals surface area contributed by atoms with Crippen LogP contribution >= 0.6 is 11.3 Å². The van der Waals surface area contributed by atoms with Crippen LogP contribution in [0.25, 0.3) is 58.8 Å². The summed E-state index contributed by atoms with van der Waals surface area (Å²) in [6.07, 6.45) is 0. The van der Waals surface area contributed by atoms with E-state index in [-0.39, 0.29) is 0 Å². The van der Waals surface area contributed by atoms with Gasteiger partial charge >= 0.3 is 0 Å². The Morgan fingerprint density at radius 3 is 1.75 bits per heavy atom. The molecule has 0 radical (unpaired) electrons. The number of aromatic nitrogens is 1. The number of nitrogens with zero attached hydrogens (tertiary/aromatic N) is 3. The normalized spacial score (nSPS) is 12.9. The van der Waals surface area contributed by atoms with Gasteiger partial charge in [0.25, 0.3) is 0 Å². The molecule has 12 rings (SSSR count). The molecule has 61 heavy (non-hydrogen) atoms. The van der Waals surface area contributed by atoms with Crippen LogP contribution in [0.4, 0.5) is 34.1 Å². The van der Waals surface area contributed by atoms with Crippen LogP contribution in [0.5, 0.6) is 0 Å². The van der Waals surface area contributed by atoms with E-state index in [9.17, 15) is 0 Å². The molecule has 0 saturated heterocycles. The van der Waals surface area contributed by atoms with Gasteiger partial charge in [-0.1, -0.05) is 134 Å². The summed E-state index contributed by atoms with van der Waals surface area (Å²) < 4.78 is 5.00. The highest BCUT2D eigenvalue weighted by Gasteiger charge is 2.40. The number of para-hydroxylation sites is 4. The molecular weight excluding hydrogens is 775 g/mol. The van der Waals surface area contributed by atoms with E-state index in [4.69, 9.17) is 0 Å². The molecule has 290 valence electrons. The summed E-state index contributed by atoms with van der Waals surface area (Å²) in [5.41, 5.74) is 13.2. The van der Waals surface area contributed by atoms with Gasteiger partial charge in [-0.05, 0) is 107 Å². The topological polar surface area (TPSA) is 11.4 Å². The Balaban J connectivity index is 1.08. The summed E-state index contributed by atoms with van der Waals surface area (Å²) >= 11 is 1.88. The third-order valence-electron chi connectivity index (χ3n) is 12.7. The van der Waals surface area contributed by atoms with Gasteiger partial charge in [0.2, 0.25) is 0 Å². The van der Waals surface area contributed by atoms with Gasteiger partial charge < -0.3 is 14.4 Å². The van der Waals surface area contributed by atoms with Crippen molar-refractivity contribution in [1.82, 2.24) is 4.57 Å². The van der Waals surface area contributed by atoms with Crippen molar-refractivity contribution in [1.29, 1.82) is 0 Å². The van der Waals surface area contributed by atoms with Gasteiger partial charge in [-0.15, -0.1) is 11.3 Å². The maximum absolute atomic E-state index is 2.52. The first-order chi connectivity index (χ1) is 30.0. The van der Waals surface area contributed by atoms with Crippen LogP contribution in [0.1, 0.15) is 0 Å². The molecule has 0 bridgehead atoms. The van der Waals surface area contributed by atoms with Gasteiger partial charge in [0, 0.05) is 60.2 Å². The molecule has 11 aromatic rings. The number of anilines is 6. The van der Waals surface area contributed by atoms with Gasteiger partial charge in [-0.25, -0.2) is 0 Å². The van der Waals surface area contributed by atoms with E-state index in [1.165, 1.54) is 74.9 Å². The molecule has 1 aliphatic rings. The Hall–Kier alpha value is -7.18. The molecule has 0 amide bonds. The molecular formula is C56H41N3SSi. The predicted molar refractivity (Wildman–Crippen MR) is 265 cm³/mol. The first-order valence-corrected chi connectivity index (χ1v) is 24.8. The molecule has 0 aliphatic carbocycles. The van der Waals surface area contributed by atoms with E-state index in [2.05, 4.69) is 240 Å². The zero-order valence-electron chi connectivity index (χ0n) is 34.0. The Morgan fingerprint density at radius 1 is 0.410 bits per heavy atom. The number of benzene rings is 9. The van der Waals surface area contributed by atoms with Crippen LogP contribution < -0.4 is 20.2 Å². The number of fused-ring (bicyclic) bond motifs is 9. The van der Waals surface area contributed by atoms with Crippen molar-refractivity contribution in [3.8, 4) is 16.8 Å². The standard InChI is InChI=1S/C56H41N3SSi/c1-61(2)53-35-33-42(58(39-20-8-4-9-21-39)51-29-16-26-45-44-25-13-15-30-52(44)60-56(45)51)37-47(53)55-50(28-17-31-54(55)61)57(38-18-6-3-7-19-38)41-32-34-49-46(36-41)43-24-12-14-27-48(43)59(49)40-22-10-5-11-23-40/h3-37H,1-2H3. The highest BCUT2D eigenvalue weighted by Crippen LogP contribution is 2.48. The lowest BCUT2D eigenvalue weighted by atomic mass is 10.00. The van der Waals surface area contributed by atoms with Crippen molar-refractivity contribution in [3.05, 3.63) is 212 Å². The molecule has 5 heteroatoms. The zero-order valence-corrected chi connectivity index (χ0v) is 35.8. The van der Waals surface area contributed by atoms with E-state index in [0.29, 0.717) is 0 Å². The van der Waals surface area contributed by atoms with Crippen molar-refractivity contribution < 1.29 is 0 Å². The summed E-state index contributed by atoms with van der Waals surface area (Å²) in [6.45, 7) is 5.04. The predicted octanol–water partition coefficient (Wildman–Crippen LogP) is 14.9. The molecule has 2 aromatic heterocycles. The Morgan fingerprint density at radius 2 is 0.984 bits per heavy atom. The smallest absolute Gasteiger partial charge is 0.113 e. The fourth-order valence-electron chi connectivity index (χ4n) is 9.97. The van der Waals surface area contributed by atoms with Gasteiger partial charge in [0.1, 0.15) is 8.07 Å². The fourth-order valence-corrected chi connectivity index (χ4v) is 14.2. The van der Waals surface area contributed by atoms with Crippen LogP contribution in [0.2, 0.25) is 13.1 Å². The van der Waals surface area contributed by atoms with Gasteiger partial charge in [-0.2, -0.15) is 0 Å². The lowest BCUT2D eigenvalue weighted by Gasteiger charge is -2.29. The van der Waals surface area contributed by atoms with Crippen molar-refractivity contribution in [2.24, 2.45) is 0 Å². The van der Waals surface area contributed by atoms with Crippen LogP contribution in [0.15, 0.2) is 212 Å². The Kier molecular flexibility index (Phi) is 8.17. The Bertz CT molecular complexity index is 3460. The molecule has 9 aromatic carbocycles. The van der Waals surface area contributed by atoms with E-state index in [0.717, 1.165) is 28.4 Å². The van der Waals surface area contributed by atoms with Gasteiger partial charge in [0.15, 0.2) is 0 Å². The first kappa shape index (κ1) is 35.7. The molecule has 3 heterocycles. The maximum Gasteiger partial charge on any atom is 0.113 e. The maximum atomic E-state index is 2.52. The van der Waals surface area contributed by atoms with E-state index >= 15 is 0 Å². The van der Waals surface area contributed by atoms with E-state index < -0.39 is 8.07 Å². The minimum atomic E-state index is -2.10. The van der Waals surface area contributed by atoms with Crippen molar-refractivity contribution in [2.75, 3.05) is 9.80 Å². The summed E-state index contributed by atoms with van der Waals surface area (Å²) in [4.78, 5) is 4.96. The number of hydrogen-bond acceptors (Lipinski definition) is 3. The molecule has 3 nitrogen and oxygen atoms in total. The van der Waals surface area contributed by atoms with Crippen LogP contribution in [0, 0.1) is 0 Å². The van der Waals surface area contributed by atoms with Crippen LogP contribution in [-0.2, 0) is 0 Å². The second kappa shape index (κ2) is 14.0. The minimum absolute atomic E-state index is 1.13. The Labute approximate surface area is 360 Å². The first-order valence-electron chi connectivity index (χ1n) is 21.0. The monoisotopic (exact) mass is 815 g/mol. The number of thiophene rings is 1. The quantitative estimate of drug-likeness (QED) is 0.149. The second-order valence-electron chi connectivity index (χ2n) is 16.5. The molecule has 0 fully saturated rings. The second-order valence-corrected chi connectivity index (χ2v) is 21.9. The minimum Gasteiger partial charge on any atom is -0.310 e. The highest BCUT2D eigenvalue weighted by atomic mass is 32.1. The van der Waals surface area contributed by atoms with E-state index in [1.807, 2.05) is 11.3 Å². The molecule has 0 unspecified atom stereocenters. The van der Waals surface area contributed by atoms with Gasteiger partial charge in [-0.3, -0.25) is 0 Å². The van der Waals surface area contributed by atoms with Crippen LogP contribution in [0.3, 0.4) is 0 Å². The lowest BCUT2D eigenvalue weighted by molar-refractivity contribution is 1.18. The van der Waals surface area contributed by atoms with Crippen molar-refractivity contribution in [3.63, 3.8) is 0 Å². The molecule has 0 saturated carbocycles. The largest absolute Gasteiger partial charge is 0.310 e. The number of hydrogen-bond donors (Lipinski definition) is 0. The summed E-state index contributed by atoms with van der Waals surface area (Å²) in [6, 6.07) is 78.2. The van der Waals surface area contributed by atoms with Crippen molar-refractivity contribution in [2.45, 2.75) is 13.1 Å². The summed E-state index contributed by atoms with van der Waals surface area (Å²) in [5.74, 6) is 0. The van der Waals surface area contributed by atoms with Crippen LogP contribution in [-0.4, -0.2) is 12.6 Å². The third-order valence-corrected chi connectivity index (χ3v) is 17.5. The molecule has 1 aliphatic heterocycles. The average molecular weight is 816 g/mol. The summed E-state index contributed by atoms with van der Waals surface area (Å²) in [7, 11) is -2.10. The zero-order chi connectivity index (χ0) is 40.7. The summed E-state index contributed by atoms with van der Waals surface area (Å²) in [5, 5.41) is 8.02. The van der Waals surface area contributed by atoms with E-state index in [1.54, 1.807) is 0 Å². The van der Waals surface area contributed by atoms with Gasteiger partial charge in [0.05, 0.1) is 27.1 Å². The lowest BCUT2D eigenvalue weighted by Crippen LogP contribution is -2.49. The van der Waals surface area contributed by atoms with Crippen molar-refractivity contribution >= 4 is 106 Å². The fraction of sp³-hybridized carbons (Fsp3) is 0.0357. The molecule has 0 atom stereocenters. The average Bonchev–Trinajstić information content (AvgIpc) is 3.93. The molecule has 0 spiro atoms. The third kappa shape index (κ3) is 5.55. The highest BCUT2D eigenvalue weighted by molar-refractivity contribution is 7.26.